The van der Waals surface area contributed by atoms with Crippen LogP contribution in [0.3, 0.4) is 0 Å². The number of aryl methyl sites for hydroxylation is 1. The van der Waals surface area contributed by atoms with Crippen LogP contribution in [0.4, 0.5) is 0 Å². The second-order valence-corrected chi connectivity index (χ2v) is 3.31. The third-order valence-electron chi connectivity index (χ3n) is 2.13. The van der Waals surface area contributed by atoms with Crippen LogP contribution >= 0.6 is 0 Å². The number of likely N-dealkylation sites (tertiary alicyclic amines) is 1. The zero-order chi connectivity index (χ0) is 9.42. The number of hydrogen-bond donors (Lipinski definition) is 1. The molecular weight excluding hydrogens is 170 g/mol. The van der Waals surface area contributed by atoms with E-state index in [9.17, 15) is 4.79 Å². The first kappa shape index (κ1) is 8.31. The molecule has 1 N–H and O–H groups in total. The Morgan fingerprint density at radius 1 is 1.69 bits per heavy atom. The van der Waals surface area contributed by atoms with E-state index in [4.69, 9.17) is 9.52 Å². The Bertz CT molecular complexity index is 325. The molecule has 4 heteroatoms. The van der Waals surface area contributed by atoms with E-state index >= 15 is 0 Å². The summed E-state index contributed by atoms with van der Waals surface area (Å²) in [6, 6.07) is 1.70. The number of carbonyl (C=O) groups is 1. The van der Waals surface area contributed by atoms with Gasteiger partial charge in [-0.3, -0.25) is 4.79 Å². The summed E-state index contributed by atoms with van der Waals surface area (Å²) >= 11 is 0. The van der Waals surface area contributed by atoms with Crippen molar-refractivity contribution in [2.45, 2.75) is 13.0 Å². The fourth-order valence-electron chi connectivity index (χ4n) is 1.36. The smallest absolute Gasteiger partial charge is 0.257 e. The van der Waals surface area contributed by atoms with E-state index in [0.717, 1.165) is 5.76 Å². The zero-order valence-corrected chi connectivity index (χ0v) is 7.36. The van der Waals surface area contributed by atoms with Gasteiger partial charge in [0.1, 0.15) is 12.0 Å². The van der Waals surface area contributed by atoms with Crippen LogP contribution in [0.25, 0.3) is 0 Å². The molecule has 1 aromatic heterocycles. The minimum Gasteiger partial charge on any atom is -0.469 e. The van der Waals surface area contributed by atoms with Gasteiger partial charge in [0.05, 0.1) is 11.7 Å². The van der Waals surface area contributed by atoms with Gasteiger partial charge in [-0.15, -0.1) is 0 Å². The van der Waals surface area contributed by atoms with Crippen LogP contribution in [0.1, 0.15) is 16.1 Å². The van der Waals surface area contributed by atoms with Crippen LogP contribution in [0, 0.1) is 6.92 Å². The van der Waals surface area contributed by atoms with Gasteiger partial charge in [-0.1, -0.05) is 0 Å². The summed E-state index contributed by atoms with van der Waals surface area (Å²) in [4.78, 5) is 13.1. The number of hydrogen-bond acceptors (Lipinski definition) is 3. The average molecular weight is 181 g/mol. The van der Waals surface area contributed by atoms with Gasteiger partial charge < -0.3 is 14.4 Å². The molecule has 0 bridgehead atoms. The third-order valence-corrected chi connectivity index (χ3v) is 2.13. The Hall–Kier alpha value is -1.29. The maximum Gasteiger partial charge on any atom is 0.257 e. The fraction of sp³-hybridized carbons (Fsp3) is 0.444. The number of rotatable bonds is 1. The van der Waals surface area contributed by atoms with E-state index in [1.165, 1.54) is 6.26 Å². The van der Waals surface area contributed by atoms with Crippen LogP contribution in [-0.4, -0.2) is 35.1 Å². The first-order valence-electron chi connectivity index (χ1n) is 4.19. The summed E-state index contributed by atoms with van der Waals surface area (Å²) in [5.41, 5.74) is 0.560. The Labute approximate surface area is 75.8 Å². The van der Waals surface area contributed by atoms with Crippen molar-refractivity contribution in [3.8, 4) is 0 Å². The second-order valence-electron chi connectivity index (χ2n) is 3.31. The van der Waals surface area contributed by atoms with Gasteiger partial charge in [-0.25, -0.2) is 0 Å². The average Bonchev–Trinajstić information content (AvgIpc) is 2.45. The lowest BCUT2D eigenvalue weighted by molar-refractivity contribution is 0.00585. The number of furan rings is 1. The van der Waals surface area contributed by atoms with Gasteiger partial charge in [0, 0.05) is 13.1 Å². The molecule has 0 aliphatic carbocycles. The zero-order valence-electron chi connectivity index (χ0n) is 7.36. The molecule has 1 aromatic rings. The lowest BCUT2D eigenvalue weighted by atomic mass is 10.1. The van der Waals surface area contributed by atoms with Crippen molar-refractivity contribution in [3.63, 3.8) is 0 Å². The minimum atomic E-state index is -0.350. The molecule has 1 fully saturated rings. The van der Waals surface area contributed by atoms with E-state index in [-0.39, 0.29) is 12.0 Å². The van der Waals surface area contributed by atoms with Crippen molar-refractivity contribution in [2.24, 2.45) is 0 Å². The third kappa shape index (κ3) is 1.45. The molecule has 0 unspecified atom stereocenters. The van der Waals surface area contributed by atoms with Gasteiger partial charge in [0.15, 0.2) is 0 Å². The minimum absolute atomic E-state index is 0.0675. The summed E-state index contributed by atoms with van der Waals surface area (Å²) in [6.07, 6.45) is 1.10. The Morgan fingerprint density at radius 3 is 2.85 bits per heavy atom. The molecule has 2 rings (SSSR count). The van der Waals surface area contributed by atoms with Crippen molar-refractivity contribution >= 4 is 5.91 Å². The van der Waals surface area contributed by atoms with Gasteiger partial charge in [0.2, 0.25) is 0 Å². The van der Waals surface area contributed by atoms with Crippen molar-refractivity contribution in [1.29, 1.82) is 0 Å². The number of aliphatic hydroxyl groups excluding tert-OH is 1. The van der Waals surface area contributed by atoms with Crippen LogP contribution in [0.2, 0.25) is 0 Å². The number of nitrogens with zero attached hydrogens (tertiary/aromatic N) is 1. The molecule has 0 atom stereocenters. The molecule has 1 aliphatic rings. The molecule has 13 heavy (non-hydrogen) atoms. The maximum absolute atomic E-state index is 11.5. The quantitative estimate of drug-likeness (QED) is 0.682. The highest BCUT2D eigenvalue weighted by atomic mass is 16.3. The Morgan fingerprint density at radius 2 is 2.38 bits per heavy atom. The molecule has 0 saturated carbocycles. The van der Waals surface area contributed by atoms with Gasteiger partial charge in [0.25, 0.3) is 5.91 Å². The molecular formula is C9H11NO3. The van der Waals surface area contributed by atoms with Crippen LogP contribution in [-0.2, 0) is 0 Å². The van der Waals surface area contributed by atoms with Crippen molar-refractivity contribution in [1.82, 2.24) is 4.90 Å². The molecule has 0 radical (unpaired) electrons. The SMILES string of the molecule is Cc1cc(C(=O)N2CC(O)C2)co1. The monoisotopic (exact) mass is 181 g/mol. The van der Waals surface area contributed by atoms with Gasteiger partial charge >= 0.3 is 0 Å². The second kappa shape index (κ2) is 2.88. The summed E-state index contributed by atoms with van der Waals surface area (Å²) in [7, 11) is 0. The molecule has 1 amide bonds. The lowest BCUT2D eigenvalue weighted by Gasteiger charge is -2.35. The van der Waals surface area contributed by atoms with E-state index < -0.39 is 0 Å². The highest BCUT2D eigenvalue weighted by molar-refractivity contribution is 5.94. The summed E-state index contributed by atoms with van der Waals surface area (Å²) in [6.45, 7) is 2.66. The molecule has 0 spiro atoms. The predicted molar refractivity (Wildman–Crippen MR) is 45.4 cm³/mol. The molecule has 1 aliphatic heterocycles. The van der Waals surface area contributed by atoms with Crippen molar-refractivity contribution in [2.75, 3.05) is 13.1 Å². The fourth-order valence-corrected chi connectivity index (χ4v) is 1.36. The first-order chi connectivity index (χ1) is 6.16. The number of β-amino-alcohol motifs (C(OH)–C–C–N with tert-alkyl or cyclic N) is 1. The molecule has 4 nitrogen and oxygen atoms in total. The highest BCUT2D eigenvalue weighted by Gasteiger charge is 2.29. The van der Waals surface area contributed by atoms with Crippen LogP contribution < -0.4 is 0 Å². The molecule has 1 saturated heterocycles. The van der Waals surface area contributed by atoms with Crippen molar-refractivity contribution in [3.05, 3.63) is 23.7 Å². The van der Waals surface area contributed by atoms with E-state index in [1.807, 2.05) is 0 Å². The summed E-state index contributed by atoms with van der Waals surface area (Å²) in [5.74, 6) is 0.659. The summed E-state index contributed by atoms with van der Waals surface area (Å²) < 4.78 is 5.02. The van der Waals surface area contributed by atoms with E-state index in [2.05, 4.69) is 0 Å². The standard InChI is InChI=1S/C9H11NO3/c1-6-2-7(5-13-6)9(12)10-3-8(11)4-10/h2,5,8,11H,3-4H2,1H3. The molecule has 0 aromatic carbocycles. The number of aliphatic hydroxyl groups is 1. The molecule has 2 heterocycles. The normalized spacial score (nSPS) is 17.2. The van der Waals surface area contributed by atoms with Gasteiger partial charge in [-0.2, -0.15) is 0 Å². The first-order valence-corrected chi connectivity index (χ1v) is 4.19. The largest absolute Gasteiger partial charge is 0.469 e. The summed E-state index contributed by atoms with van der Waals surface area (Å²) in [5, 5.41) is 9.00. The Kier molecular flexibility index (Phi) is 1.84. The van der Waals surface area contributed by atoms with Crippen molar-refractivity contribution < 1.29 is 14.3 Å². The number of carbonyl (C=O) groups excluding carboxylic acids is 1. The molecule has 70 valence electrons. The van der Waals surface area contributed by atoms with Crippen LogP contribution in [0.5, 0.6) is 0 Å². The topological polar surface area (TPSA) is 53.7 Å². The Balaban J connectivity index is 2.06. The predicted octanol–water partition coefficient (Wildman–Crippen LogP) is 0.405. The van der Waals surface area contributed by atoms with Crippen LogP contribution in [0.15, 0.2) is 16.7 Å². The maximum atomic E-state index is 11.5. The van der Waals surface area contributed by atoms with E-state index in [0.29, 0.717) is 18.7 Å². The number of amides is 1. The van der Waals surface area contributed by atoms with E-state index in [1.54, 1.807) is 17.9 Å². The lowest BCUT2D eigenvalue weighted by Crippen LogP contribution is -2.53. The van der Waals surface area contributed by atoms with Gasteiger partial charge in [-0.05, 0) is 13.0 Å². The highest BCUT2D eigenvalue weighted by Crippen LogP contribution is 2.14.